The summed E-state index contributed by atoms with van der Waals surface area (Å²) in [5.74, 6) is 0.899. The van der Waals surface area contributed by atoms with Crippen molar-refractivity contribution in [3.8, 4) is 5.75 Å². The molecule has 17 heavy (non-hydrogen) atoms. The van der Waals surface area contributed by atoms with Crippen LogP contribution in [0.1, 0.15) is 18.9 Å². The van der Waals surface area contributed by atoms with E-state index in [9.17, 15) is 0 Å². The Hall–Kier alpha value is -1.54. The molecular weight excluding hydrogens is 210 g/mol. The Morgan fingerprint density at radius 1 is 1.35 bits per heavy atom. The first-order valence-corrected chi connectivity index (χ1v) is 6.09. The molecule has 90 valence electrons. The summed E-state index contributed by atoms with van der Waals surface area (Å²) in [6, 6.07) is 8.31. The maximum absolute atomic E-state index is 5.66. The molecule has 0 saturated carbocycles. The van der Waals surface area contributed by atoms with Gasteiger partial charge < -0.3 is 10.1 Å². The van der Waals surface area contributed by atoms with E-state index in [0.717, 1.165) is 25.3 Å². The van der Waals surface area contributed by atoms with Gasteiger partial charge in [0.05, 0.1) is 0 Å². The minimum Gasteiger partial charge on any atom is -0.487 e. The summed E-state index contributed by atoms with van der Waals surface area (Å²) in [4.78, 5) is 0. The third-order valence-electron chi connectivity index (χ3n) is 2.94. The largest absolute Gasteiger partial charge is 0.487 e. The van der Waals surface area contributed by atoms with Crippen molar-refractivity contribution >= 4 is 5.57 Å². The van der Waals surface area contributed by atoms with Crippen LogP contribution in [0.5, 0.6) is 5.75 Å². The molecule has 1 heterocycles. The van der Waals surface area contributed by atoms with E-state index in [1.807, 2.05) is 19.1 Å². The molecule has 2 nitrogen and oxygen atoms in total. The van der Waals surface area contributed by atoms with Gasteiger partial charge in [0, 0.05) is 6.54 Å². The van der Waals surface area contributed by atoms with Crippen LogP contribution in [-0.4, -0.2) is 19.2 Å². The van der Waals surface area contributed by atoms with Gasteiger partial charge in [0.2, 0.25) is 0 Å². The maximum atomic E-state index is 5.66. The van der Waals surface area contributed by atoms with Crippen LogP contribution in [0, 0.1) is 0 Å². The monoisotopic (exact) mass is 229 g/mol. The molecular formula is C15H19NO. The lowest BCUT2D eigenvalue weighted by Gasteiger charge is -2.15. The summed E-state index contributed by atoms with van der Waals surface area (Å²) in [7, 11) is 0. The minimum atomic E-state index is 0.0546. The van der Waals surface area contributed by atoms with Gasteiger partial charge in [-0.2, -0.15) is 0 Å². The molecule has 0 spiro atoms. The Morgan fingerprint density at radius 3 is 2.71 bits per heavy atom. The molecule has 1 unspecified atom stereocenters. The molecule has 0 bridgehead atoms. The highest BCUT2D eigenvalue weighted by atomic mass is 16.5. The number of rotatable bonds is 4. The van der Waals surface area contributed by atoms with E-state index >= 15 is 0 Å². The molecule has 1 aromatic carbocycles. The number of hydrogen-bond donors (Lipinski definition) is 1. The van der Waals surface area contributed by atoms with E-state index in [1.54, 1.807) is 6.08 Å². The van der Waals surface area contributed by atoms with Crippen molar-refractivity contribution in [3.05, 3.63) is 48.6 Å². The molecule has 1 atom stereocenters. The quantitative estimate of drug-likeness (QED) is 0.801. The molecule has 1 aliphatic heterocycles. The van der Waals surface area contributed by atoms with Crippen LogP contribution in [0.3, 0.4) is 0 Å². The number of nitrogens with one attached hydrogen (secondary N) is 1. The predicted molar refractivity (Wildman–Crippen MR) is 72.2 cm³/mol. The van der Waals surface area contributed by atoms with Crippen LogP contribution in [0.2, 0.25) is 0 Å². The van der Waals surface area contributed by atoms with Crippen molar-refractivity contribution < 1.29 is 4.74 Å². The Bertz CT molecular complexity index is 405. The summed E-state index contributed by atoms with van der Waals surface area (Å²) >= 11 is 0. The molecule has 2 rings (SSSR count). The van der Waals surface area contributed by atoms with Gasteiger partial charge in [-0.05, 0) is 43.2 Å². The molecule has 0 saturated heterocycles. The molecule has 0 aromatic heterocycles. The first kappa shape index (κ1) is 11.9. The summed E-state index contributed by atoms with van der Waals surface area (Å²) in [6.45, 7) is 7.73. The fraction of sp³-hybridized carbons (Fsp3) is 0.333. The molecule has 1 aliphatic rings. The fourth-order valence-electron chi connectivity index (χ4n) is 1.90. The Kier molecular flexibility index (Phi) is 3.99. The molecule has 0 aliphatic carbocycles. The van der Waals surface area contributed by atoms with Gasteiger partial charge in [-0.3, -0.25) is 0 Å². The highest BCUT2D eigenvalue weighted by molar-refractivity contribution is 5.67. The Morgan fingerprint density at radius 2 is 2.12 bits per heavy atom. The first-order chi connectivity index (χ1) is 8.29. The summed E-state index contributed by atoms with van der Waals surface area (Å²) in [6.07, 6.45) is 5.21. The maximum Gasteiger partial charge on any atom is 0.120 e. The molecule has 0 radical (unpaired) electrons. The third kappa shape index (κ3) is 3.21. The zero-order valence-corrected chi connectivity index (χ0v) is 10.3. The molecule has 0 fully saturated rings. The number of hydrogen-bond acceptors (Lipinski definition) is 2. The van der Waals surface area contributed by atoms with Crippen LogP contribution in [0.15, 0.2) is 43.0 Å². The minimum absolute atomic E-state index is 0.0546. The lowest BCUT2D eigenvalue weighted by atomic mass is 10.0. The van der Waals surface area contributed by atoms with Crippen LogP contribution in [0.4, 0.5) is 0 Å². The van der Waals surface area contributed by atoms with E-state index in [4.69, 9.17) is 4.74 Å². The fourth-order valence-corrected chi connectivity index (χ4v) is 1.90. The van der Waals surface area contributed by atoms with Gasteiger partial charge in [0.15, 0.2) is 0 Å². The van der Waals surface area contributed by atoms with E-state index in [2.05, 4.69) is 30.1 Å². The number of ether oxygens (including phenoxy) is 1. The van der Waals surface area contributed by atoms with Crippen molar-refractivity contribution in [1.82, 2.24) is 5.32 Å². The Labute approximate surface area is 103 Å². The van der Waals surface area contributed by atoms with Gasteiger partial charge in [-0.25, -0.2) is 0 Å². The zero-order chi connectivity index (χ0) is 12.1. The SMILES string of the molecule is C=CC(C)Oc1ccc(C2=CCNCC2)cc1. The highest BCUT2D eigenvalue weighted by Gasteiger charge is 2.06. The van der Waals surface area contributed by atoms with Crippen molar-refractivity contribution in [1.29, 1.82) is 0 Å². The van der Waals surface area contributed by atoms with Crippen LogP contribution in [0.25, 0.3) is 5.57 Å². The number of benzene rings is 1. The smallest absolute Gasteiger partial charge is 0.120 e. The average Bonchev–Trinajstić information content (AvgIpc) is 2.40. The van der Waals surface area contributed by atoms with Crippen LogP contribution in [-0.2, 0) is 0 Å². The normalized spacial score (nSPS) is 17.1. The summed E-state index contributed by atoms with van der Waals surface area (Å²) < 4.78 is 5.66. The molecule has 1 N–H and O–H groups in total. The van der Waals surface area contributed by atoms with Crippen molar-refractivity contribution in [3.63, 3.8) is 0 Å². The molecule has 2 heteroatoms. The van der Waals surface area contributed by atoms with E-state index < -0.39 is 0 Å². The second kappa shape index (κ2) is 5.69. The summed E-state index contributed by atoms with van der Waals surface area (Å²) in [5, 5.41) is 3.32. The zero-order valence-electron chi connectivity index (χ0n) is 10.3. The topological polar surface area (TPSA) is 21.3 Å². The summed E-state index contributed by atoms with van der Waals surface area (Å²) in [5.41, 5.74) is 2.72. The van der Waals surface area contributed by atoms with Crippen molar-refractivity contribution in [2.24, 2.45) is 0 Å². The van der Waals surface area contributed by atoms with E-state index in [-0.39, 0.29) is 6.10 Å². The van der Waals surface area contributed by atoms with Gasteiger partial charge >= 0.3 is 0 Å². The van der Waals surface area contributed by atoms with Gasteiger partial charge in [-0.1, -0.05) is 30.9 Å². The standard InChI is InChI=1S/C15H19NO/c1-3-12(2)17-15-6-4-13(5-7-15)14-8-10-16-11-9-14/h3-8,12,16H,1,9-11H2,2H3. The second-order valence-electron chi connectivity index (χ2n) is 4.27. The first-order valence-electron chi connectivity index (χ1n) is 6.09. The second-order valence-corrected chi connectivity index (χ2v) is 4.27. The molecule has 0 amide bonds. The molecule has 1 aromatic rings. The van der Waals surface area contributed by atoms with Gasteiger partial charge in [0.25, 0.3) is 0 Å². The lowest BCUT2D eigenvalue weighted by Crippen LogP contribution is -2.19. The average molecular weight is 229 g/mol. The highest BCUT2D eigenvalue weighted by Crippen LogP contribution is 2.22. The van der Waals surface area contributed by atoms with Crippen LogP contribution < -0.4 is 10.1 Å². The lowest BCUT2D eigenvalue weighted by molar-refractivity contribution is 0.270. The van der Waals surface area contributed by atoms with Gasteiger partial charge in [0.1, 0.15) is 11.9 Å². The third-order valence-corrected chi connectivity index (χ3v) is 2.94. The predicted octanol–water partition coefficient (Wildman–Crippen LogP) is 3.02. The Balaban J connectivity index is 2.07. The van der Waals surface area contributed by atoms with Crippen molar-refractivity contribution in [2.75, 3.05) is 13.1 Å². The van der Waals surface area contributed by atoms with Gasteiger partial charge in [-0.15, -0.1) is 0 Å². The van der Waals surface area contributed by atoms with Crippen molar-refractivity contribution in [2.45, 2.75) is 19.4 Å². The van der Waals surface area contributed by atoms with E-state index in [0.29, 0.717) is 0 Å². The van der Waals surface area contributed by atoms with E-state index in [1.165, 1.54) is 11.1 Å². The van der Waals surface area contributed by atoms with Crippen LogP contribution >= 0.6 is 0 Å².